The molecule has 1 amide bonds. The summed E-state index contributed by atoms with van der Waals surface area (Å²) in [6, 6.07) is 15.3. The number of esters is 1. The van der Waals surface area contributed by atoms with Gasteiger partial charge in [0.25, 0.3) is 5.91 Å². The van der Waals surface area contributed by atoms with Gasteiger partial charge in [0, 0.05) is 34.2 Å². The van der Waals surface area contributed by atoms with E-state index in [0.29, 0.717) is 22.8 Å². The van der Waals surface area contributed by atoms with Crippen LogP contribution in [-0.4, -0.2) is 33.9 Å². The van der Waals surface area contributed by atoms with Crippen LogP contribution in [0.5, 0.6) is 0 Å². The molecule has 0 saturated carbocycles. The maximum absolute atomic E-state index is 12.4. The molecule has 8 nitrogen and oxygen atoms in total. The van der Waals surface area contributed by atoms with Crippen LogP contribution in [0.1, 0.15) is 25.6 Å². The third-order valence-electron chi connectivity index (χ3n) is 4.46. The van der Waals surface area contributed by atoms with Gasteiger partial charge in [-0.2, -0.15) is 0 Å². The number of thiazole rings is 1. The summed E-state index contributed by atoms with van der Waals surface area (Å²) in [6.07, 6.45) is 3.50. The van der Waals surface area contributed by atoms with E-state index in [4.69, 9.17) is 0 Å². The van der Waals surface area contributed by atoms with Crippen LogP contribution in [0.15, 0.2) is 67.0 Å². The number of benzene rings is 2. The Bertz CT molecular complexity index is 1250. The lowest BCUT2D eigenvalue weighted by molar-refractivity contribution is 0.0600. The molecule has 2 N–H and O–H groups in total. The average molecular weight is 446 g/mol. The predicted molar refractivity (Wildman–Crippen MR) is 123 cm³/mol. The number of carbonyl (C=O) groups excluding carboxylic acids is 2. The zero-order valence-electron chi connectivity index (χ0n) is 17.3. The van der Waals surface area contributed by atoms with Crippen LogP contribution >= 0.6 is 11.3 Å². The topological polar surface area (TPSA) is 106 Å². The molecule has 4 rings (SSSR count). The highest BCUT2D eigenvalue weighted by Crippen LogP contribution is 2.24. The molecule has 2 aromatic carbocycles. The maximum atomic E-state index is 12.4. The van der Waals surface area contributed by atoms with Gasteiger partial charge >= 0.3 is 5.97 Å². The van der Waals surface area contributed by atoms with Crippen molar-refractivity contribution in [3.05, 3.63) is 83.0 Å². The molecule has 0 unspecified atom stereocenters. The number of anilines is 3. The Morgan fingerprint density at radius 2 is 1.59 bits per heavy atom. The largest absolute Gasteiger partial charge is 0.465 e. The molecular weight excluding hydrogens is 426 g/mol. The first-order valence-electron chi connectivity index (χ1n) is 9.64. The van der Waals surface area contributed by atoms with Gasteiger partial charge in [-0.15, -0.1) is 11.3 Å². The van der Waals surface area contributed by atoms with Crippen LogP contribution in [0.4, 0.5) is 17.3 Å². The van der Waals surface area contributed by atoms with Crippen LogP contribution in [0.2, 0.25) is 0 Å². The lowest BCUT2D eigenvalue weighted by Crippen LogP contribution is -2.12. The summed E-state index contributed by atoms with van der Waals surface area (Å²) in [7, 11) is 1.31. The van der Waals surface area contributed by atoms with E-state index in [-0.39, 0.29) is 5.91 Å². The molecule has 2 heterocycles. The van der Waals surface area contributed by atoms with Crippen LogP contribution in [0.25, 0.3) is 10.7 Å². The van der Waals surface area contributed by atoms with E-state index in [1.165, 1.54) is 7.11 Å². The standard InChI is InChI=1S/C23H19N5O3S/c1-14-13-25-21(32-14)19-11-12-24-23(28-19)27-18-9-7-17(8-10-18)26-20(29)15-3-5-16(6-4-15)22(30)31-2/h3-13H,1-2H3,(H,26,29)(H,24,27,28). The molecule has 9 heteroatoms. The van der Waals surface area contributed by atoms with Crippen molar-refractivity contribution in [3.63, 3.8) is 0 Å². The summed E-state index contributed by atoms with van der Waals surface area (Å²) in [5.41, 5.74) is 2.98. The summed E-state index contributed by atoms with van der Waals surface area (Å²) >= 11 is 1.57. The minimum Gasteiger partial charge on any atom is -0.465 e. The summed E-state index contributed by atoms with van der Waals surface area (Å²) in [4.78, 5) is 38.2. The normalized spacial score (nSPS) is 10.4. The van der Waals surface area contributed by atoms with Gasteiger partial charge in [-0.3, -0.25) is 4.79 Å². The van der Waals surface area contributed by atoms with Crippen molar-refractivity contribution >= 4 is 40.5 Å². The highest BCUT2D eigenvalue weighted by Gasteiger charge is 2.10. The molecule has 0 fully saturated rings. The van der Waals surface area contributed by atoms with Crippen molar-refractivity contribution in [2.24, 2.45) is 0 Å². The van der Waals surface area contributed by atoms with Crippen molar-refractivity contribution in [2.75, 3.05) is 17.7 Å². The molecule has 0 saturated heterocycles. The van der Waals surface area contributed by atoms with Crippen molar-refractivity contribution in [1.29, 1.82) is 0 Å². The number of nitrogens with zero attached hydrogens (tertiary/aromatic N) is 3. The van der Waals surface area contributed by atoms with Gasteiger partial charge < -0.3 is 15.4 Å². The third-order valence-corrected chi connectivity index (χ3v) is 5.40. The van der Waals surface area contributed by atoms with Gasteiger partial charge in [0.2, 0.25) is 5.95 Å². The second-order valence-electron chi connectivity index (χ2n) is 6.77. The maximum Gasteiger partial charge on any atom is 0.337 e. The first kappa shape index (κ1) is 21.1. The number of carbonyl (C=O) groups is 2. The molecule has 0 aliphatic rings. The number of hydrogen-bond acceptors (Lipinski definition) is 8. The van der Waals surface area contributed by atoms with E-state index >= 15 is 0 Å². The molecule has 0 aliphatic carbocycles. The van der Waals surface area contributed by atoms with Crippen LogP contribution in [0.3, 0.4) is 0 Å². The Kier molecular flexibility index (Phi) is 6.18. The van der Waals surface area contributed by atoms with E-state index in [9.17, 15) is 9.59 Å². The Balaban J connectivity index is 1.40. The zero-order chi connectivity index (χ0) is 22.5. The number of nitrogens with one attached hydrogen (secondary N) is 2. The van der Waals surface area contributed by atoms with Crippen LogP contribution < -0.4 is 10.6 Å². The Morgan fingerprint density at radius 3 is 2.25 bits per heavy atom. The Hall–Kier alpha value is -4.11. The van der Waals surface area contributed by atoms with Crippen LogP contribution in [-0.2, 0) is 4.74 Å². The first-order chi connectivity index (χ1) is 15.5. The monoisotopic (exact) mass is 445 g/mol. The van der Waals surface area contributed by atoms with Gasteiger partial charge in [0.1, 0.15) is 10.7 Å². The minimum absolute atomic E-state index is 0.281. The Morgan fingerprint density at radius 1 is 0.906 bits per heavy atom. The minimum atomic E-state index is -0.448. The second-order valence-corrected chi connectivity index (χ2v) is 8.00. The molecule has 0 radical (unpaired) electrons. The molecule has 32 heavy (non-hydrogen) atoms. The fourth-order valence-corrected chi connectivity index (χ4v) is 3.59. The molecule has 0 bridgehead atoms. The van der Waals surface area contributed by atoms with Gasteiger partial charge in [0.05, 0.1) is 12.7 Å². The number of amides is 1. The number of ether oxygens (including phenoxy) is 1. The van der Waals surface area contributed by atoms with Gasteiger partial charge in [-0.05, 0) is 61.5 Å². The quantitative estimate of drug-likeness (QED) is 0.415. The molecule has 160 valence electrons. The van der Waals surface area contributed by atoms with Gasteiger partial charge in [0.15, 0.2) is 0 Å². The molecule has 0 atom stereocenters. The second kappa shape index (κ2) is 9.36. The van der Waals surface area contributed by atoms with Gasteiger partial charge in [-0.1, -0.05) is 0 Å². The number of rotatable bonds is 6. The van der Waals surface area contributed by atoms with E-state index < -0.39 is 5.97 Å². The van der Waals surface area contributed by atoms with Crippen molar-refractivity contribution < 1.29 is 14.3 Å². The number of aryl methyl sites for hydroxylation is 1. The average Bonchev–Trinajstić information content (AvgIpc) is 3.26. The molecule has 2 aromatic heterocycles. The number of hydrogen-bond donors (Lipinski definition) is 2. The van der Waals surface area contributed by atoms with Crippen molar-refractivity contribution in [2.45, 2.75) is 6.92 Å². The lowest BCUT2D eigenvalue weighted by atomic mass is 10.1. The summed E-state index contributed by atoms with van der Waals surface area (Å²) in [5, 5.41) is 6.82. The first-order valence-corrected chi connectivity index (χ1v) is 10.5. The third kappa shape index (κ3) is 4.96. The molecular formula is C23H19N5O3S. The van der Waals surface area contributed by atoms with Crippen LogP contribution in [0, 0.1) is 6.92 Å². The number of aromatic nitrogens is 3. The predicted octanol–water partition coefficient (Wildman–Crippen LogP) is 4.69. The van der Waals surface area contributed by atoms with E-state index in [1.807, 2.05) is 31.3 Å². The van der Waals surface area contributed by atoms with E-state index in [2.05, 4.69) is 30.3 Å². The van der Waals surface area contributed by atoms with Gasteiger partial charge in [-0.25, -0.2) is 19.7 Å². The fraction of sp³-hybridized carbons (Fsp3) is 0.0870. The summed E-state index contributed by atoms with van der Waals surface area (Å²) in [6.45, 7) is 2.00. The molecule has 0 spiro atoms. The molecule has 0 aliphatic heterocycles. The smallest absolute Gasteiger partial charge is 0.337 e. The summed E-state index contributed by atoms with van der Waals surface area (Å²) in [5.74, 6) is -0.272. The van der Waals surface area contributed by atoms with E-state index in [0.717, 1.165) is 21.3 Å². The Labute approximate surface area is 188 Å². The fourth-order valence-electron chi connectivity index (χ4n) is 2.86. The SMILES string of the molecule is COC(=O)c1ccc(C(=O)Nc2ccc(Nc3nccc(-c4ncc(C)s4)n3)cc2)cc1. The van der Waals surface area contributed by atoms with Crippen molar-refractivity contribution in [1.82, 2.24) is 15.0 Å². The zero-order valence-corrected chi connectivity index (χ0v) is 18.1. The molecule has 4 aromatic rings. The van der Waals surface area contributed by atoms with Crippen molar-refractivity contribution in [3.8, 4) is 10.7 Å². The summed E-state index contributed by atoms with van der Waals surface area (Å²) < 4.78 is 4.66. The highest BCUT2D eigenvalue weighted by molar-refractivity contribution is 7.14. The lowest BCUT2D eigenvalue weighted by Gasteiger charge is -2.09. The highest BCUT2D eigenvalue weighted by atomic mass is 32.1. The van der Waals surface area contributed by atoms with E-state index in [1.54, 1.807) is 53.9 Å². The number of methoxy groups -OCH3 is 1.